The SMILES string of the molecule is C=C(N(C)C)C1(c2ccccn2)CC1. The second kappa shape index (κ2) is 3.12. The first-order valence-corrected chi connectivity index (χ1v) is 4.95. The van der Waals surface area contributed by atoms with Gasteiger partial charge in [-0.05, 0) is 25.0 Å². The van der Waals surface area contributed by atoms with Crippen LogP contribution < -0.4 is 0 Å². The van der Waals surface area contributed by atoms with E-state index in [-0.39, 0.29) is 5.41 Å². The smallest absolute Gasteiger partial charge is 0.0523 e. The van der Waals surface area contributed by atoms with Gasteiger partial charge in [0.05, 0.1) is 11.1 Å². The van der Waals surface area contributed by atoms with Crippen LogP contribution >= 0.6 is 0 Å². The summed E-state index contributed by atoms with van der Waals surface area (Å²) in [7, 11) is 4.09. The maximum absolute atomic E-state index is 4.43. The van der Waals surface area contributed by atoms with Gasteiger partial charge < -0.3 is 4.90 Å². The van der Waals surface area contributed by atoms with E-state index in [4.69, 9.17) is 0 Å². The average molecular weight is 188 g/mol. The van der Waals surface area contributed by atoms with Crippen molar-refractivity contribution in [2.45, 2.75) is 18.3 Å². The zero-order valence-electron chi connectivity index (χ0n) is 8.83. The summed E-state index contributed by atoms with van der Waals surface area (Å²) in [5, 5.41) is 0. The van der Waals surface area contributed by atoms with E-state index in [0.29, 0.717) is 0 Å². The monoisotopic (exact) mass is 188 g/mol. The third-order valence-corrected chi connectivity index (χ3v) is 3.00. The van der Waals surface area contributed by atoms with Crippen LogP contribution in [0.2, 0.25) is 0 Å². The molecule has 0 aromatic carbocycles. The van der Waals surface area contributed by atoms with E-state index in [2.05, 4.69) is 22.5 Å². The highest BCUT2D eigenvalue weighted by atomic mass is 15.1. The van der Waals surface area contributed by atoms with E-state index in [1.807, 2.05) is 32.4 Å². The van der Waals surface area contributed by atoms with Gasteiger partial charge in [0.2, 0.25) is 0 Å². The Balaban J connectivity index is 2.30. The molecule has 1 saturated carbocycles. The lowest BCUT2D eigenvalue weighted by Gasteiger charge is -2.24. The minimum Gasteiger partial charge on any atom is -0.381 e. The molecule has 0 saturated heterocycles. The molecule has 1 aliphatic carbocycles. The van der Waals surface area contributed by atoms with Crippen LogP contribution in [0.15, 0.2) is 36.7 Å². The first kappa shape index (κ1) is 9.25. The van der Waals surface area contributed by atoms with Crippen LogP contribution in [-0.2, 0) is 5.41 Å². The van der Waals surface area contributed by atoms with Crippen molar-refractivity contribution in [1.29, 1.82) is 0 Å². The van der Waals surface area contributed by atoms with Crippen LogP contribution in [0.1, 0.15) is 18.5 Å². The van der Waals surface area contributed by atoms with Gasteiger partial charge in [0.25, 0.3) is 0 Å². The number of hydrogen-bond donors (Lipinski definition) is 0. The van der Waals surface area contributed by atoms with Crippen LogP contribution in [-0.4, -0.2) is 24.0 Å². The number of nitrogens with zero attached hydrogens (tertiary/aromatic N) is 2. The molecule has 1 fully saturated rings. The summed E-state index contributed by atoms with van der Waals surface area (Å²) in [6.07, 6.45) is 4.22. The van der Waals surface area contributed by atoms with Crippen molar-refractivity contribution in [2.75, 3.05) is 14.1 Å². The molecule has 0 unspecified atom stereocenters. The van der Waals surface area contributed by atoms with E-state index >= 15 is 0 Å². The molecular formula is C12H16N2. The molecule has 0 aliphatic heterocycles. The zero-order valence-corrected chi connectivity index (χ0v) is 8.83. The molecule has 0 atom stereocenters. The molecule has 2 rings (SSSR count). The number of aromatic nitrogens is 1. The lowest BCUT2D eigenvalue weighted by Crippen LogP contribution is -2.23. The molecule has 1 aromatic rings. The number of pyridine rings is 1. The maximum Gasteiger partial charge on any atom is 0.0523 e. The Hall–Kier alpha value is -1.31. The Morgan fingerprint density at radius 3 is 2.57 bits per heavy atom. The van der Waals surface area contributed by atoms with Crippen molar-refractivity contribution in [1.82, 2.24) is 9.88 Å². The molecule has 2 heteroatoms. The first-order chi connectivity index (χ1) is 6.67. The van der Waals surface area contributed by atoms with Crippen molar-refractivity contribution in [3.63, 3.8) is 0 Å². The van der Waals surface area contributed by atoms with E-state index in [1.165, 1.54) is 24.2 Å². The van der Waals surface area contributed by atoms with Crippen molar-refractivity contribution < 1.29 is 0 Å². The van der Waals surface area contributed by atoms with Gasteiger partial charge in [0.1, 0.15) is 0 Å². The first-order valence-electron chi connectivity index (χ1n) is 4.95. The molecule has 1 heterocycles. The van der Waals surface area contributed by atoms with Crippen LogP contribution in [0.5, 0.6) is 0 Å². The maximum atomic E-state index is 4.43. The molecule has 0 N–H and O–H groups in total. The van der Waals surface area contributed by atoms with Gasteiger partial charge in [-0.3, -0.25) is 4.98 Å². The highest BCUT2D eigenvalue weighted by Crippen LogP contribution is 2.52. The topological polar surface area (TPSA) is 16.1 Å². The fraction of sp³-hybridized carbons (Fsp3) is 0.417. The van der Waals surface area contributed by atoms with Gasteiger partial charge in [-0.2, -0.15) is 0 Å². The van der Waals surface area contributed by atoms with Crippen molar-refractivity contribution in [3.8, 4) is 0 Å². The van der Waals surface area contributed by atoms with Gasteiger partial charge in [-0.15, -0.1) is 0 Å². The molecule has 14 heavy (non-hydrogen) atoms. The van der Waals surface area contributed by atoms with E-state index in [9.17, 15) is 0 Å². The van der Waals surface area contributed by atoms with Gasteiger partial charge in [0, 0.05) is 26.0 Å². The summed E-state index contributed by atoms with van der Waals surface area (Å²) < 4.78 is 0. The lowest BCUT2D eigenvalue weighted by atomic mass is 9.97. The Morgan fingerprint density at radius 2 is 2.14 bits per heavy atom. The van der Waals surface area contributed by atoms with Gasteiger partial charge in [-0.25, -0.2) is 0 Å². The largest absolute Gasteiger partial charge is 0.381 e. The molecule has 0 amide bonds. The predicted molar refractivity (Wildman–Crippen MR) is 58.0 cm³/mol. The van der Waals surface area contributed by atoms with Crippen LogP contribution in [0.4, 0.5) is 0 Å². The Morgan fingerprint density at radius 1 is 1.43 bits per heavy atom. The Bertz CT molecular complexity index is 337. The van der Waals surface area contributed by atoms with Crippen LogP contribution in [0, 0.1) is 0 Å². The molecule has 1 aliphatic rings. The van der Waals surface area contributed by atoms with E-state index in [1.54, 1.807) is 0 Å². The summed E-state index contributed by atoms with van der Waals surface area (Å²) in [5.74, 6) is 0. The van der Waals surface area contributed by atoms with E-state index < -0.39 is 0 Å². The second-order valence-electron chi connectivity index (χ2n) is 4.14. The van der Waals surface area contributed by atoms with Gasteiger partial charge in [0.15, 0.2) is 0 Å². The van der Waals surface area contributed by atoms with Crippen LogP contribution in [0.25, 0.3) is 0 Å². The Labute approximate surface area is 85.3 Å². The van der Waals surface area contributed by atoms with Crippen molar-refractivity contribution >= 4 is 0 Å². The zero-order chi connectivity index (χ0) is 10.2. The standard InChI is InChI=1S/C12H16N2/c1-10(14(2)3)12(7-8-12)11-6-4-5-9-13-11/h4-6,9H,1,7-8H2,2-3H3. The van der Waals surface area contributed by atoms with Crippen LogP contribution in [0.3, 0.4) is 0 Å². The summed E-state index contributed by atoms with van der Waals surface area (Å²) in [6, 6.07) is 6.10. The molecule has 0 spiro atoms. The quantitative estimate of drug-likeness (QED) is 0.723. The average Bonchev–Trinajstić information content (AvgIpc) is 2.99. The summed E-state index contributed by atoms with van der Waals surface area (Å²) in [5.41, 5.74) is 2.49. The third kappa shape index (κ3) is 1.31. The number of likely N-dealkylation sites (N-methyl/N-ethyl adjacent to an activating group) is 1. The normalized spacial score (nSPS) is 17.6. The summed E-state index contributed by atoms with van der Waals surface area (Å²) >= 11 is 0. The minimum absolute atomic E-state index is 0.144. The molecule has 2 nitrogen and oxygen atoms in total. The molecule has 0 bridgehead atoms. The van der Waals surface area contributed by atoms with Crippen molar-refractivity contribution in [2.24, 2.45) is 0 Å². The third-order valence-electron chi connectivity index (χ3n) is 3.00. The molecule has 74 valence electrons. The number of rotatable bonds is 3. The predicted octanol–water partition coefficient (Wildman–Crippen LogP) is 2.19. The van der Waals surface area contributed by atoms with Gasteiger partial charge >= 0.3 is 0 Å². The number of allylic oxidation sites excluding steroid dienone is 1. The van der Waals surface area contributed by atoms with Gasteiger partial charge in [-0.1, -0.05) is 12.6 Å². The number of hydrogen-bond acceptors (Lipinski definition) is 2. The lowest BCUT2D eigenvalue weighted by molar-refractivity contribution is 0.454. The summed E-state index contributed by atoms with van der Waals surface area (Å²) in [6.45, 7) is 4.15. The molecule has 1 aromatic heterocycles. The van der Waals surface area contributed by atoms with Crippen molar-refractivity contribution in [3.05, 3.63) is 42.4 Å². The highest BCUT2D eigenvalue weighted by molar-refractivity contribution is 5.36. The van der Waals surface area contributed by atoms with E-state index in [0.717, 1.165) is 0 Å². The molecular weight excluding hydrogens is 172 g/mol. The minimum atomic E-state index is 0.144. The summed E-state index contributed by atoms with van der Waals surface area (Å²) in [4.78, 5) is 6.53. The fourth-order valence-corrected chi connectivity index (χ4v) is 1.89. The fourth-order valence-electron chi connectivity index (χ4n) is 1.89. The highest BCUT2D eigenvalue weighted by Gasteiger charge is 2.48. The second-order valence-corrected chi connectivity index (χ2v) is 4.14. The molecule has 0 radical (unpaired) electrons. The Kier molecular flexibility index (Phi) is 2.06.